The maximum Gasteiger partial charge on any atom is 0.167 e. The van der Waals surface area contributed by atoms with E-state index in [9.17, 15) is 8.78 Å². The second-order valence-corrected chi connectivity index (χ2v) is 5.05. The van der Waals surface area contributed by atoms with E-state index in [0.717, 1.165) is 0 Å². The molecule has 0 aromatic heterocycles. The molecule has 0 amide bonds. The largest absolute Gasteiger partial charge is 0.488 e. The van der Waals surface area contributed by atoms with Crippen molar-refractivity contribution in [1.29, 1.82) is 0 Å². The quantitative estimate of drug-likeness (QED) is 0.862. The Hall–Kier alpha value is -2.30. The molecule has 0 saturated carbocycles. The fourth-order valence-corrected chi connectivity index (χ4v) is 2.02. The summed E-state index contributed by atoms with van der Waals surface area (Å²) in [6.07, 6.45) is -0.157. The van der Waals surface area contributed by atoms with Crippen LogP contribution in [0.4, 0.5) is 25.8 Å². The number of rotatable bonds is 4. The van der Waals surface area contributed by atoms with Gasteiger partial charge in [0.2, 0.25) is 0 Å². The molecule has 0 aliphatic heterocycles. The van der Waals surface area contributed by atoms with Gasteiger partial charge < -0.3 is 15.4 Å². The van der Waals surface area contributed by atoms with Crippen molar-refractivity contribution in [3.8, 4) is 5.75 Å². The van der Waals surface area contributed by atoms with E-state index in [0.29, 0.717) is 11.4 Å². The van der Waals surface area contributed by atoms with Crippen LogP contribution in [0.5, 0.6) is 5.75 Å². The van der Waals surface area contributed by atoms with Crippen LogP contribution in [0.25, 0.3) is 0 Å². The van der Waals surface area contributed by atoms with Gasteiger partial charge in [-0.1, -0.05) is 6.07 Å². The van der Waals surface area contributed by atoms with Gasteiger partial charge in [0.25, 0.3) is 0 Å². The first-order valence-electron chi connectivity index (χ1n) is 6.63. The Morgan fingerprint density at radius 3 is 2.48 bits per heavy atom. The highest BCUT2D eigenvalue weighted by Crippen LogP contribution is 2.34. The zero-order valence-electron chi connectivity index (χ0n) is 12.2. The van der Waals surface area contributed by atoms with E-state index >= 15 is 0 Å². The summed E-state index contributed by atoms with van der Waals surface area (Å²) in [5.74, 6) is -0.742. The molecule has 112 valence electrons. The summed E-state index contributed by atoms with van der Waals surface area (Å²) in [6, 6.07) is 8.82. The Morgan fingerprint density at radius 1 is 1.14 bits per heavy atom. The number of halogens is 2. The van der Waals surface area contributed by atoms with Gasteiger partial charge in [0.05, 0.1) is 17.5 Å². The van der Waals surface area contributed by atoms with Crippen molar-refractivity contribution in [2.24, 2.45) is 0 Å². The van der Waals surface area contributed by atoms with Crippen LogP contribution in [0.1, 0.15) is 13.8 Å². The summed E-state index contributed by atoms with van der Waals surface area (Å²) in [5.41, 5.74) is 7.29. The lowest BCUT2D eigenvalue weighted by molar-refractivity contribution is 0.231. The lowest BCUT2D eigenvalue weighted by atomic mass is 10.2. The molecule has 0 spiro atoms. The molecule has 2 rings (SSSR count). The van der Waals surface area contributed by atoms with Crippen LogP contribution >= 0.6 is 0 Å². The molecule has 21 heavy (non-hydrogen) atoms. The van der Waals surface area contributed by atoms with Crippen LogP contribution in [0.15, 0.2) is 36.4 Å². The van der Waals surface area contributed by atoms with Crippen LogP contribution < -0.4 is 15.4 Å². The summed E-state index contributed by atoms with van der Waals surface area (Å²) in [4.78, 5) is 1.69. The maximum absolute atomic E-state index is 13.8. The van der Waals surface area contributed by atoms with Crippen molar-refractivity contribution in [1.82, 2.24) is 0 Å². The molecule has 0 heterocycles. The first-order chi connectivity index (χ1) is 9.88. The molecule has 5 heteroatoms. The summed E-state index contributed by atoms with van der Waals surface area (Å²) in [7, 11) is 1.73. The van der Waals surface area contributed by atoms with Gasteiger partial charge in [-0.2, -0.15) is 0 Å². The molecule has 0 radical (unpaired) electrons. The van der Waals surface area contributed by atoms with E-state index in [-0.39, 0.29) is 23.4 Å². The van der Waals surface area contributed by atoms with E-state index in [1.54, 1.807) is 24.1 Å². The SMILES string of the molecule is CC(C)Oc1cc(N(C)c2cccc(F)c2)c(N)cc1F. The molecule has 0 atom stereocenters. The van der Waals surface area contributed by atoms with Crippen molar-refractivity contribution in [2.45, 2.75) is 20.0 Å². The van der Waals surface area contributed by atoms with Crippen LogP contribution in [0.2, 0.25) is 0 Å². The van der Waals surface area contributed by atoms with Gasteiger partial charge in [0.15, 0.2) is 11.6 Å². The molecule has 2 aromatic rings. The number of nitrogen functional groups attached to an aromatic ring is 1. The van der Waals surface area contributed by atoms with Crippen LogP contribution in [0, 0.1) is 11.6 Å². The first-order valence-corrected chi connectivity index (χ1v) is 6.63. The highest BCUT2D eigenvalue weighted by Gasteiger charge is 2.14. The second-order valence-electron chi connectivity index (χ2n) is 5.05. The van der Waals surface area contributed by atoms with E-state index in [4.69, 9.17) is 10.5 Å². The molecule has 0 unspecified atom stereocenters. The number of nitrogens with zero attached hydrogens (tertiary/aromatic N) is 1. The second kappa shape index (κ2) is 5.99. The molecule has 0 fully saturated rings. The number of hydrogen-bond acceptors (Lipinski definition) is 3. The number of hydrogen-bond donors (Lipinski definition) is 1. The number of benzene rings is 2. The highest BCUT2D eigenvalue weighted by atomic mass is 19.1. The van der Waals surface area contributed by atoms with Gasteiger partial charge in [-0.25, -0.2) is 8.78 Å². The summed E-state index contributed by atoms with van der Waals surface area (Å²) < 4.78 is 32.6. The first kappa shape index (κ1) is 15.1. The number of nitrogens with two attached hydrogens (primary N) is 1. The minimum atomic E-state index is -0.516. The molecule has 0 aliphatic carbocycles. The minimum absolute atomic E-state index is 0.123. The van der Waals surface area contributed by atoms with E-state index in [1.807, 2.05) is 13.8 Å². The third kappa shape index (κ3) is 3.42. The highest BCUT2D eigenvalue weighted by molar-refractivity contribution is 5.76. The van der Waals surface area contributed by atoms with Gasteiger partial charge >= 0.3 is 0 Å². The fourth-order valence-electron chi connectivity index (χ4n) is 2.02. The fraction of sp³-hybridized carbons (Fsp3) is 0.250. The topological polar surface area (TPSA) is 38.5 Å². The lowest BCUT2D eigenvalue weighted by Gasteiger charge is -2.23. The zero-order valence-corrected chi connectivity index (χ0v) is 12.2. The predicted molar refractivity (Wildman–Crippen MR) is 81.0 cm³/mol. The Morgan fingerprint density at radius 2 is 1.86 bits per heavy atom. The van der Waals surface area contributed by atoms with Crippen LogP contribution in [-0.4, -0.2) is 13.2 Å². The third-order valence-corrected chi connectivity index (χ3v) is 3.00. The van der Waals surface area contributed by atoms with E-state index in [1.165, 1.54) is 24.3 Å². The molecule has 2 aromatic carbocycles. The van der Waals surface area contributed by atoms with Crippen molar-refractivity contribution in [2.75, 3.05) is 17.7 Å². The van der Waals surface area contributed by atoms with Gasteiger partial charge in [-0.3, -0.25) is 0 Å². The number of ether oxygens (including phenoxy) is 1. The molecular weight excluding hydrogens is 274 g/mol. The standard InChI is InChI=1S/C16H18F2N2O/c1-10(2)21-16-9-15(14(19)8-13(16)18)20(3)12-6-4-5-11(17)7-12/h4-10H,19H2,1-3H3. The average Bonchev–Trinajstić information content (AvgIpc) is 2.40. The van der Waals surface area contributed by atoms with Gasteiger partial charge in [-0.05, 0) is 32.0 Å². The molecule has 0 aliphatic rings. The van der Waals surface area contributed by atoms with Crippen molar-refractivity contribution < 1.29 is 13.5 Å². The molecule has 3 nitrogen and oxygen atoms in total. The third-order valence-electron chi connectivity index (χ3n) is 3.00. The molecule has 2 N–H and O–H groups in total. The smallest absolute Gasteiger partial charge is 0.167 e. The van der Waals surface area contributed by atoms with E-state index < -0.39 is 5.82 Å². The Kier molecular flexibility index (Phi) is 4.31. The van der Waals surface area contributed by atoms with Crippen LogP contribution in [0.3, 0.4) is 0 Å². The van der Waals surface area contributed by atoms with Gasteiger partial charge in [0, 0.05) is 24.9 Å². The summed E-state index contributed by atoms with van der Waals surface area (Å²) in [5, 5.41) is 0. The van der Waals surface area contributed by atoms with Crippen LogP contribution in [-0.2, 0) is 0 Å². The minimum Gasteiger partial charge on any atom is -0.488 e. The zero-order chi connectivity index (χ0) is 15.6. The Bertz CT molecular complexity index is 644. The van der Waals surface area contributed by atoms with Crippen molar-refractivity contribution in [3.63, 3.8) is 0 Å². The van der Waals surface area contributed by atoms with Gasteiger partial charge in [-0.15, -0.1) is 0 Å². The summed E-state index contributed by atoms with van der Waals surface area (Å²) >= 11 is 0. The molecular formula is C16H18F2N2O. The Balaban J connectivity index is 2.42. The van der Waals surface area contributed by atoms with Gasteiger partial charge in [0.1, 0.15) is 5.82 Å². The average molecular weight is 292 g/mol. The Labute approximate surface area is 122 Å². The predicted octanol–water partition coefficient (Wildman–Crippen LogP) is 4.10. The monoisotopic (exact) mass is 292 g/mol. The van der Waals surface area contributed by atoms with Crippen molar-refractivity contribution >= 4 is 17.1 Å². The summed E-state index contributed by atoms with van der Waals surface area (Å²) in [6.45, 7) is 3.62. The lowest BCUT2D eigenvalue weighted by Crippen LogP contribution is -2.14. The number of anilines is 3. The maximum atomic E-state index is 13.8. The molecule has 0 bridgehead atoms. The van der Waals surface area contributed by atoms with Crippen molar-refractivity contribution in [3.05, 3.63) is 48.0 Å². The molecule has 0 saturated heterocycles. The normalized spacial score (nSPS) is 10.8. The van der Waals surface area contributed by atoms with E-state index in [2.05, 4.69) is 0 Å².